The van der Waals surface area contributed by atoms with Crippen LogP contribution in [0.4, 0.5) is 0 Å². The second-order valence-electron chi connectivity index (χ2n) is 6.75. The molecule has 2 aromatic rings. The molecule has 1 aromatic heterocycles. The fourth-order valence-electron chi connectivity index (χ4n) is 3.77. The van der Waals surface area contributed by atoms with E-state index in [4.69, 9.17) is 0 Å². The van der Waals surface area contributed by atoms with Gasteiger partial charge in [0.25, 0.3) is 0 Å². The average Bonchev–Trinajstić information content (AvgIpc) is 2.98. The summed E-state index contributed by atoms with van der Waals surface area (Å²) in [5.41, 5.74) is 3.43. The third-order valence-corrected chi connectivity index (χ3v) is 5.83. The molecule has 4 rings (SSSR count). The molecule has 120 valence electrons. The number of rotatable bonds is 3. The fraction of sp³-hybridized carbons (Fsp3) is 0.444. The molecule has 5 heteroatoms. The summed E-state index contributed by atoms with van der Waals surface area (Å²) >= 11 is 3.54. The number of nitrogens with zero attached hydrogens (tertiary/aromatic N) is 1. The van der Waals surface area contributed by atoms with Gasteiger partial charge in [0.2, 0.25) is 5.91 Å². The minimum absolute atomic E-state index is 0.0487. The highest BCUT2D eigenvalue weighted by molar-refractivity contribution is 9.10. The lowest BCUT2D eigenvalue weighted by Gasteiger charge is -2.44. The van der Waals surface area contributed by atoms with E-state index in [2.05, 4.69) is 43.6 Å². The number of hydrogen-bond donors (Lipinski definition) is 2. The Kier molecular flexibility index (Phi) is 3.76. The number of fused-ring (bicyclic) bond motifs is 1. The Balaban J connectivity index is 1.51. The molecule has 2 N–H and O–H groups in total. The molecule has 23 heavy (non-hydrogen) atoms. The van der Waals surface area contributed by atoms with Gasteiger partial charge in [0, 0.05) is 22.5 Å². The molecular weight excluding hydrogens is 354 g/mol. The van der Waals surface area contributed by atoms with Crippen molar-refractivity contribution in [3.8, 4) is 0 Å². The second-order valence-corrected chi connectivity index (χ2v) is 7.66. The van der Waals surface area contributed by atoms with E-state index >= 15 is 0 Å². The van der Waals surface area contributed by atoms with Crippen LogP contribution < -0.4 is 5.32 Å². The van der Waals surface area contributed by atoms with E-state index in [9.17, 15) is 4.79 Å². The van der Waals surface area contributed by atoms with Gasteiger partial charge in [-0.3, -0.25) is 9.89 Å². The zero-order valence-electron chi connectivity index (χ0n) is 12.9. The molecule has 0 aliphatic heterocycles. The van der Waals surface area contributed by atoms with Crippen molar-refractivity contribution >= 4 is 21.8 Å². The van der Waals surface area contributed by atoms with Crippen molar-refractivity contribution < 1.29 is 4.79 Å². The molecule has 0 bridgehead atoms. The molecule has 1 fully saturated rings. The maximum Gasteiger partial charge on any atom is 0.224 e. The monoisotopic (exact) mass is 373 g/mol. The SMILES string of the molecule is O=C(NC1(c2cccc(Br)c2)CCC1)C1CCc2cn[nH]c2C1. The number of aromatic nitrogens is 2. The van der Waals surface area contributed by atoms with Crippen molar-refractivity contribution in [1.82, 2.24) is 15.5 Å². The molecule has 1 heterocycles. The quantitative estimate of drug-likeness (QED) is 0.865. The first kappa shape index (κ1) is 14.9. The largest absolute Gasteiger partial charge is 0.346 e. The topological polar surface area (TPSA) is 57.8 Å². The van der Waals surface area contributed by atoms with Crippen LogP contribution in [-0.2, 0) is 23.2 Å². The number of carbonyl (C=O) groups is 1. The van der Waals surface area contributed by atoms with Gasteiger partial charge in [0.05, 0.1) is 11.7 Å². The Labute approximate surface area is 144 Å². The standard InChI is InChI=1S/C18H20BrN3O/c19-15-4-1-3-14(10-15)18(7-2-8-18)21-17(23)12-5-6-13-11-20-22-16(13)9-12/h1,3-4,10-12H,2,5-9H2,(H,20,22)(H,21,23). The molecule has 1 unspecified atom stereocenters. The zero-order chi connectivity index (χ0) is 15.9. The summed E-state index contributed by atoms with van der Waals surface area (Å²) in [6.45, 7) is 0. The Morgan fingerprint density at radius 1 is 1.39 bits per heavy atom. The predicted octanol–water partition coefficient (Wildman–Crippen LogP) is 3.47. The Bertz CT molecular complexity index is 735. The summed E-state index contributed by atoms with van der Waals surface area (Å²) in [5.74, 6) is 0.234. The van der Waals surface area contributed by atoms with Crippen LogP contribution in [0.1, 0.15) is 42.5 Å². The van der Waals surface area contributed by atoms with Crippen LogP contribution >= 0.6 is 15.9 Å². The van der Waals surface area contributed by atoms with Crippen LogP contribution in [0.15, 0.2) is 34.9 Å². The molecular formula is C18H20BrN3O. The highest BCUT2D eigenvalue weighted by atomic mass is 79.9. The molecule has 1 saturated carbocycles. The van der Waals surface area contributed by atoms with Crippen molar-refractivity contribution in [3.05, 3.63) is 51.8 Å². The number of amides is 1. The van der Waals surface area contributed by atoms with Crippen LogP contribution in [0.2, 0.25) is 0 Å². The van der Waals surface area contributed by atoms with Gasteiger partial charge in [-0.2, -0.15) is 5.10 Å². The van der Waals surface area contributed by atoms with E-state index in [1.54, 1.807) is 0 Å². The molecule has 0 radical (unpaired) electrons. The number of hydrogen-bond acceptors (Lipinski definition) is 2. The van der Waals surface area contributed by atoms with Crippen molar-refractivity contribution in [2.75, 3.05) is 0 Å². The summed E-state index contributed by atoms with van der Waals surface area (Å²) in [6.07, 6.45) is 7.73. The number of halogens is 1. The maximum absolute atomic E-state index is 12.8. The Hall–Kier alpha value is -1.62. The van der Waals surface area contributed by atoms with Crippen LogP contribution in [0, 0.1) is 5.92 Å². The van der Waals surface area contributed by atoms with E-state index < -0.39 is 0 Å². The minimum Gasteiger partial charge on any atom is -0.346 e. The third kappa shape index (κ3) is 2.71. The lowest BCUT2D eigenvalue weighted by atomic mass is 9.71. The lowest BCUT2D eigenvalue weighted by Crippen LogP contribution is -2.53. The summed E-state index contributed by atoms with van der Waals surface area (Å²) in [4.78, 5) is 12.8. The highest BCUT2D eigenvalue weighted by Gasteiger charge is 2.41. The molecule has 0 spiro atoms. The number of aromatic amines is 1. The lowest BCUT2D eigenvalue weighted by molar-refractivity contribution is -0.128. The molecule has 1 amide bonds. The van der Waals surface area contributed by atoms with Crippen molar-refractivity contribution in [2.45, 2.75) is 44.1 Å². The van der Waals surface area contributed by atoms with Crippen molar-refractivity contribution in [3.63, 3.8) is 0 Å². The fourth-order valence-corrected chi connectivity index (χ4v) is 4.17. The smallest absolute Gasteiger partial charge is 0.224 e. The molecule has 2 aliphatic rings. The van der Waals surface area contributed by atoms with E-state index in [1.807, 2.05) is 18.3 Å². The number of H-pyrrole nitrogens is 1. The normalized spacial score (nSPS) is 22.0. The molecule has 1 aromatic carbocycles. The Morgan fingerprint density at radius 3 is 3.00 bits per heavy atom. The predicted molar refractivity (Wildman–Crippen MR) is 91.9 cm³/mol. The summed E-state index contributed by atoms with van der Waals surface area (Å²) in [5, 5.41) is 10.5. The molecule has 1 atom stereocenters. The van der Waals surface area contributed by atoms with Gasteiger partial charge >= 0.3 is 0 Å². The number of carbonyl (C=O) groups excluding carboxylic acids is 1. The summed E-state index contributed by atoms with van der Waals surface area (Å²) in [7, 11) is 0. The van der Waals surface area contributed by atoms with Crippen molar-refractivity contribution in [1.29, 1.82) is 0 Å². The van der Waals surface area contributed by atoms with E-state index in [0.29, 0.717) is 0 Å². The van der Waals surface area contributed by atoms with Gasteiger partial charge in [-0.25, -0.2) is 0 Å². The van der Waals surface area contributed by atoms with E-state index in [-0.39, 0.29) is 17.4 Å². The van der Waals surface area contributed by atoms with Gasteiger partial charge in [0.1, 0.15) is 0 Å². The highest BCUT2D eigenvalue weighted by Crippen LogP contribution is 2.42. The average molecular weight is 374 g/mol. The van der Waals surface area contributed by atoms with E-state index in [1.165, 1.54) is 17.5 Å². The zero-order valence-corrected chi connectivity index (χ0v) is 14.5. The van der Waals surface area contributed by atoms with E-state index in [0.717, 1.165) is 42.3 Å². The summed E-state index contributed by atoms with van der Waals surface area (Å²) in [6, 6.07) is 8.33. The molecule has 2 aliphatic carbocycles. The minimum atomic E-state index is -0.172. The van der Waals surface area contributed by atoms with Crippen LogP contribution in [0.25, 0.3) is 0 Å². The molecule has 0 saturated heterocycles. The maximum atomic E-state index is 12.8. The second kappa shape index (κ2) is 5.78. The number of aryl methyl sites for hydroxylation is 1. The van der Waals surface area contributed by atoms with Crippen LogP contribution in [0.5, 0.6) is 0 Å². The van der Waals surface area contributed by atoms with Gasteiger partial charge in [-0.1, -0.05) is 28.1 Å². The third-order valence-electron chi connectivity index (χ3n) is 5.34. The first-order chi connectivity index (χ1) is 11.2. The van der Waals surface area contributed by atoms with Gasteiger partial charge in [-0.15, -0.1) is 0 Å². The Morgan fingerprint density at radius 2 is 2.26 bits per heavy atom. The first-order valence-corrected chi connectivity index (χ1v) is 9.05. The number of benzene rings is 1. The molecule has 4 nitrogen and oxygen atoms in total. The van der Waals surface area contributed by atoms with Crippen molar-refractivity contribution in [2.24, 2.45) is 5.92 Å². The van der Waals surface area contributed by atoms with Gasteiger partial charge in [0.15, 0.2) is 0 Å². The first-order valence-electron chi connectivity index (χ1n) is 8.25. The van der Waals surface area contributed by atoms with Gasteiger partial charge in [-0.05, 0) is 55.4 Å². The summed E-state index contributed by atoms with van der Waals surface area (Å²) < 4.78 is 1.07. The van der Waals surface area contributed by atoms with Gasteiger partial charge < -0.3 is 5.32 Å². The van der Waals surface area contributed by atoms with Crippen LogP contribution in [-0.4, -0.2) is 16.1 Å². The van der Waals surface area contributed by atoms with Crippen LogP contribution in [0.3, 0.4) is 0 Å². The number of nitrogens with one attached hydrogen (secondary N) is 2.